The Morgan fingerprint density at radius 1 is 1.46 bits per heavy atom. The van der Waals surface area contributed by atoms with Crippen molar-refractivity contribution in [3.05, 3.63) is 29.3 Å². The van der Waals surface area contributed by atoms with Gasteiger partial charge in [0.2, 0.25) is 0 Å². The molecule has 2 heteroatoms. The maximum atomic E-state index is 9.52. The third kappa shape index (κ3) is 1.54. The number of aliphatic hydroxyl groups is 1. The standard InChI is InChI=1S/C11H14O2/c1-13-11-4-2-3-8-5-6-9(12)7-10(8)11/h2-4,9,12H,5-7H2,1H3/t9-/m0/s1. The van der Waals surface area contributed by atoms with Gasteiger partial charge in [-0.25, -0.2) is 0 Å². The minimum Gasteiger partial charge on any atom is -0.496 e. The maximum absolute atomic E-state index is 9.52. The van der Waals surface area contributed by atoms with E-state index in [-0.39, 0.29) is 6.10 Å². The normalized spacial score (nSPS) is 20.9. The molecule has 2 nitrogen and oxygen atoms in total. The predicted octanol–water partition coefficient (Wildman–Crippen LogP) is 1.54. The summed E-state index contributed by atoms with van der Waals surface area (Å²) in [6.07, 6.45) is 2.39. The highest BCUT2D eigenvalue weighted by Crippen LogP contribution is 2.29. The first kappa shape index (κ1) is 8.57. The number of fused-ring (bicyclic) bond motifs is 1. The van der Waals surface area contributed by atoms with Crippen molar-refractivity contribution in [1.29, 1.82) is 0 Å². The van der Waals surface area contributed by atoms with Crippen LogP contribution < -0.4 is 4.74 Å². The molecule has 13 heavy (non-hydrogen) atoms. The smallest absolute Gasteiger partial charge is 0.122 e. The quantitative estimate of drug-likeness (QED) is 0.707. The van der Waals surface area contributed by atoms with E-state index in [1.807, 2.05) is 12.1 Å². The fourth-order valence-corrected chi connectivity index (χ4v) is 1.93. The molecule has 70 valence electrons. The first-order valence-corrected chi connectivity index (χ1v) is 4.64. The van der Waals surface area contributed by atoms with Crippen LogP contribution in [0.2, 0.25) is 0 Å². The highest BCUT2D eigenvalue weighted by atomic mass is 16.5. The lowest BCUT2D eigenvalue weighted by molar-refractivity contribution is 0.157. The van der Waals surface area contributed by atoms with Crippen molar-refractivity contribution >= 4 is 0 Å². The molecular formula is C11H14O2. The Bertz CT molecular complexity index is 293. The molecule has 0 amide bonds. The second-order valence-electron chi connectivity index (χ2n) is 3.49. The van der Waals surface area contributed by atoms with E-state index >= 15 is 0 Å². The zero-order valence-electron chi connectivity index (χ0n) is 7.79. The van der Waals surface area contributed by atoms with E-state index in [0.717, 1.165) is 25.0 Å². The molecule has 0 spiro atoms. The second kappa shape index (κ2) is 3.38. The summed E-state index contributed by atoms with van der Waals surface area (Å²) >= 11 is 0. The van der Waals surface area contributed by atoms with Crippen molar-refractivity contribution < 1.29 is 9.84 Å². The van der Waals surface area contributed by atoms with E-state index in [0.29, 0.717) is 0 Å². The van der Waals surface area contributed by atoms with Crippen LogP contribution in [0.15, 0.2) is 18.2 Å². The molecule has 1 aromatic carbocycles. The van der Waals surface area contributed by atoms with Crippen molar-refractivity contribution in [3.63, 3.8) is 0 Å². The highest BCUT2D eigenvalue weighted by Gasteiger charge is 2.18. The molecule has 0 aromatic heterocycles. The number of methoxy groups -OCH3 is 1. The number of hydrogen-bond donors (Lipinski definition) is 1. The third-order valence-electron chi connectivity index (χ3n) is 2.64. The SMILES string of the molecule is COc1cccc2c1C[C@@H](O)CC2. The molecule has 0 heterocycles. The Balaban J connectivity index is 2.41. The number of hydrogen-bond acceptors (Lipinski definition) is 2. The van der Waals surface area contributed by atoms with Gasteiger partial charge in [0.15, 0.2) is 0 Å². The molecule has 0 saturated carbocycles. The van der Waals surface area contributed by atoms with Crippen LogP contribution >= 0.6 is 0 Å². The van der Waals surface area contributed by atoms with Gasteiger partial charge in [0.1, 0.15) is 5.75 Å². The van der Waals surface area contributed by atoms with Crippen molar-refractivity contribution in [3.8, 4) is 5.75 Å². The molecule has 1 atom stereocenters. The van der Waals surface area contributed by atoms with Gasteiger partial charge in [0.25, 0.3) is 0 Å². The fraction of sp³-hybridized carbons (Fsp3) is 0.455. The van der Waals surface area contributed by atoms with Gasteiger partial charge in [0, 0.05) is 6.42 Å². The average molecular weight is 178 g/mol. The average Bonchev–Trinajstić information content (AvgIpc) is 2.17. The van der Waals surface area contributed by atoms with Gasteiger partial charge in [0.05, 0.1) is 13.2 Å². The van der Waals surface area contributed by atoms with Gasteiger partial charge in [-0.1, -0.05) is 12.1 Å². The molecule has 0 aliphatic heterocycles. The highest BCUT2D eigenvalue weighted by molar-refractivity contribution is 5.42. The fourth-order valence-electron chi connectivity index (χ4n) is 1.93. The van der Waals surface area contributed by atoms with Crippen LogP contribution in [0.25, 0.3) is 0 Å². The Morgan fingerprint density at radius 2 is 2.31 bits per heavy atom. The molecule has 2 rings (SSSR count). The van der Waals surface area contributed by atoms with Crippen molar-refractivity contribution in [2.24, 2.45) is 0 Å². The lowest BCUT2D eigenvalue weighted by Crippen LogP contribution is -2.19. The van der Waals surface area contributed by atoms with Crippen LogP contribution in [0, 0.1) is 0 Å². The Kier molecular flexibility index (Phi) is 2.23. The molecule has 0 radical (unpaired) electrons. The topological polar surface area (TPSA) is 29.5 Å². The largest absolute Gasteiger partial charge is 0.496 e. The number of ether oxygens (including phenoxy) is 1. The molecule has 0 saturated heterocycles. The zero-order valence-corrected chi connectivity index (χ0v) is 7.79. The monoisotopic (exact) mass is 178 g/mol. The number of rotatable bonds is 1. The van der Waals surface area contributed by atoms with E-state index in [1.54, 1.807) is 7.11 Å². The van der Waals surface area contributed by atoms with E-state index in [2.05, 4.69) is 6.07 Å². The Hall–Kier alpha value is -1.02. The summed E-state index contributed by atoms with van der Waals surface area (Å²) in [7, 11) is 1.68. The van der Waals surface area contributed by atoms with Gasteiger partial charge in [-0.3, -0.25) is 0 Å². The first-order chi connectivity index (χ1) is 6.31. The minimum absolute atomic E-state index is 0.191. The molecule has 0 bridgehead atoms. The van der Waals surface area contributed by atoms with Gasteiger partial charge >= 0.3 is 0 Å². The number of benzene rings is 1. The first-order valence-electron chi connectivity index (χ1n) is 4.64. The molecule has 0 fully saturated rings. The molecule has 1 aromatic rings. The van der Waals surface area contributed by atoms with Crippen LogP contribution in [-0.4, -0.2) is 18.3 Å². The summed E-state index contributed by atoms with van der Waals surface area (Å²) in [5.41, 5.74) is 2.51. The summed E-state index contributed by atoms with van der Waals surface area (Å²) in [4.78, 5) is 0. The summed E-state index contributed by atoms with van der Waals surface area (Å²) in [6, 6.07) is 6.08. The summed E-state index contributed by atoms with van der Waals surface area (Å²) in [5, 5.41) is 9.52. The van der Waals surface area contributed by atoms with E-state index in [4.69, 9.17) is 4.74 Å². The summed E-state index contributed by atoms with van der Waals surface area (Å²) in [6.45, 7) is 0. The van der Waals surface area contributed by atoms with Crippen LogP contribution in [0.1, 0.15) is 17.5 Å². The number of aryl methyl sites for hydroxylation is 1. The van der Waals surface area contributed by atoms with Gasteiger partial charge in [-0.15, -0.1) is 0 Å². The van der Waals surface area contributed by atoms with Crippen molar-refractivity contribution in [2.75, 3.05) is 7.11 Å². The Labute approximate surface area is 78.2 Å². The van der Waals surface area contributed by atoms with Gasteiger partial charge in [-0.05, 0) is 30.0 Å². The third-order valence-corrected chi connectivity index (χ3v) is 2.64. The summed E-state index contributed by atoms with van der Waals surface area (Å²) < 4.78 is 5.25. The lowest BCUT2D eigenvalue weighted by Gasteiger charge is -2.22. The minimum atomic E-state index is -0.191. The van der Waals surface area contributed by atoms with Crippen LogP contribution in [0.3, 0.4) is 0 Å². The van der Waals surface area contributed by atoms with Crippen LogP contribution in [0.5, 0.6) is 5.75 Å². The molecular weight excluding hydrogens is 164 g/mol. The van der Waals surface area contributed by atoms with Gasteiger partial charge < -0.3 is 9.84 Å². The lowest BCUT2D eigenvalue weighted by atomic mass is 9.89. The molecule has 1 aliphatic rings. The van der Waals surface area contributed by atoms with E-state index in [9.17, 15) is 5.11 Å². The molecule has 1 aliphatic carbocycles. The summed E-state index contributed by atoms with van der Waals surface area (Å²) in [5.74, 6) is 0.913. The maximum Gasteiger partial charge on any atom is 0.122 e. The predicted molar refractivity (Wildman–Crippen MR) is 51.0 cm³/mol. The second-order valence-corrected chi connectivity index (χ2v) is 3.49. The number of aliphatic hydroxyl groups excluding tert-OH is 1. The van der Waals surface area contributed by atoms with E-state index < -0.39 is 0 Å². The molecule has 0 unspecified atom stereocenters. The van der Waals surface area contributed by atoms with Gasteiger partial charge in [-0.2, -0.15) is 0 Å². The molecule has 1 N–H and O–H groups in total. The van der Waals surface area contributed by atoms with Crippen molar-refractivity contribution in [1.82, 2.24) is 0 Å². The van der Waals surface area contributed by atoms with Crippen molar-refractivity contribution in [2.45, 2.75) is 25.4 Å². The van der Waals surface area contributed by atoms with Crippen LogP contribution in [0.4, 0.5) is 0 Å². The van der Waals surface area contributed by atoms with E-state index in [1.165, 1.54) is 11.1 Å². The van der Waals surface area contributed by atoms with Crippen LogP contribution in [-0.2, 0) is 12.8 Å². The Morgan fingerprint density at radius 3 is 3.08 bits per heavy atom. The zero-order chi connectivity index (χ0) is 9.26.